The molecule has 0 aromatic carbocycles. The Kier molecular flexibility index (Phi) is 3.93. The van der Waals surface area contributed by atoms with Crippen molar-refractivity contribution in [3.63, 3.8) is 0 Å². The summed E-state index contributed by atoms with van der Waals surface area (Å²) in [7, 11) is 0. The summed E-state index contributed by atoms with van der Waals surface area (Å²) in [6.07, 6.45) is 2.54. The summed E-state index contributed by atoms with van der Waals surface area (Å²) in [4.78, 5) is 0. The van der Waals surface area contributed by atoms with Crippen molar-refractivity contribution in [2.75, 3.05) is 6.61 Å². The molecule has 0 radical (unpaired) electrons. The fourth-order valence-electron chi connectivity index (χ4n) is 1.75. The number of aliphatic hydroxyl groups is 1. The van der Waals surface area contributed by atoms with E-state index in [9.17, 15) is 0 Å². The normalized spacial score (nSPS) is 29.8. The van der Waals surface area contributed by atoms with Gasteiger partial charge in [0, 0.05) is 12.1 Å². The minimum absolute atomic E-state index is 0.0295. The molecule has 1 aliphatic rings. The molecule has 3 nitrogen and oxygen atoms in total. The number of hydrogen-bond acceptors (Lipinski definition) is 3. The van der Waals surface area contributed by atoms with E-state index in [-0.39, 0.29) is 18.2 Å². The lowest BCUT2D eigenvalue weighted by Crippen LogP contribution is -2.51. The molecule has 0 aromatic rings. The van der Waals surface area contributed by atoms with Gasteiger partial charge in [0.2, 0.25) is 0 Å². The summed E-state index contributed by atoms with van der Waals surface area (Å²) in [6, 6.07) is 0.736. The Morgan fingerprint density at radius 3 is 2.43 bits per heavy atom. The average molecular weight is 201 g/mol. The zero-order valence-corrected chi connectivity index (χ0v) is 9.71. The highest BCUT2D eigenvalue weighted by molar-refractivity contribution is 4.88. The van der Waals surface area contributed by atoms with E-state index in [2.05, 4.69) is 26.1 Å². The van der Waals surface area contributed by atoms with Gasteiger partial charge in [-0.3, -0.25) is 0 Å². The van der Waals surface area contributed by atoms with Crippen LogP contribution in [-0.2, 0) is 4.74 Å². The third kappa shape index (κ3) is 3.95. The number of ether oxygens (including phenoxy) is 1. The molecule has 3 heteroatoms. The van der Waals surface area contributed by atoms with Crippen LogP contribution < -0.4 is 5.32 Å². The minimum atomic E-state index is -0.0295. The molecular weight excluding hydrogens is 178 g/mol. The van der Waals surface area contributed by atoms with Crippen molar-refractivity contribution >= 4 is 0 Å². The molecular formula is C11H23NO2. The van der Waals surface area contributed by atoms with Gasteiger partial charge in [-0.2, -0.15) is 0 Å². The van der Waals surface area contributed by atoms with Crippen LogP contribution >= 0.6 is 0 Å². The lowest BCUT2D eigenvalue weighted by molar-refractivity contribution is -0.103. The van der Waals surface area contributed by atoms with Gasteiger partial charge in [0.25, 0.3) is 0 Å². The predicted molar refractivity (Wildman–Crippen MR) is 57.3 cm³/mol. The average Bonchev–Trinajstić information content (AvgIpc) is 1.97. The molecule has 1 fully saturated rings. The Balaban J connectivity index is 2.12. The van der Waals surface area contributed by atoms with Crippen LogP contribution in [-0.4, -0.2) is 35.5 Å². The molecule has 14 heavy (non-hydrogen) atoms. The van der Waals surface area contributed by atoms with Gasteiger partial charge in [0.05, 0.1) is 18.3 Å². The van der Waals surface area contributed by atoms with Crippen LogP contribution in [0.2, 0.25) is 0 Å². The molecule has 0 aromatic heterocycles. The van der Waals surface area contributed by atoms with Crippen LogP contribution in [0, 0.1) is 0 Å². The molecule has 1 atom stereocenters. The van der Waals surface area contributed by atoms with Crippen molar-refractivity contribution in [1.82, 2.24) is 5.32 Å². The Morgan fingerprint density at radius 1 is 1.43 bits per heavy atom. The molecule has 0 spiro atoms. The monoisotopic (exact) mass is 201 g/mol. The molecule has 0 unspecified atom stereocenters. The first kappa shape index (κ1) is 12.0. The SMILES string of the molecule is C[C@@H](CO)NC1CC(OC(C)(C)C)C1. The van der Waals surface area contributed by atoms with Crippen molar-refractivity contribution < 1.29 is 9.84 Å². The van der Waals surface area contributed by atoms with E-state index in [0.29, 0.717) is 12.1 Å². The Bertz CT molecular complexity index is 171. The third-order valence-electron chi connectivity index (χ3n) is 2.41. The lowest BCUT2D eigenvalue weighted by Gasteiger charge is -2.40. The summed E-state index contributed by atoms with van der Waals surface area (Å²) >= 11 is 0. The number of aliphatic hydroxyl groups excluding tert-OH is 1. The first-order valence-electron chi connectivity index (χ1n) is 5.45. The summed E-state index contributed by atoms with van der Waals surface area (Å²) in [5, 5.41) is 12.2. The number of rotatable bonds is 4. The molecule has 1 aliphatic carbocycles. The van der Waals surface area contributed by atoms with Gasteiger partial charge in [-0.1, -0.05) is 0 Å². The largest absolute Gasteiger partial charge is 0.395 e. The van der Waals surface area contributed by atoms with Crippen molar-refractivity contribution in [2.24, 2.45) is 0 Å². The van der Waals surface area contributed by atoms with E-state index in [4.69, 9.17) is 9.84 Å². The van der Waals surface area contributed by atoms with E-state index < -0.39 is 0 Å². The van der Waals surface area contributed by atoms with Crippen LogP contribution in [0.25, 0.3) is 0 Å². The Labute approximate surface area is 86.8 Å². The van der Waals surface area contributed by atoms with Gasteiger partial charge in [-0.05, 0) is 40.5 Å². The van der Waals surface area contributed by atoms with Crippen molar-refractivity contribution in [3.05, 3.63) is 0 Å². The van der Waals surface area contributed by atoms with E-state index in [1.165, 1.54) is 0 Å². The van der Waals surface area contributed by atoms with Gasteiger partial charge in [0.1, 0.15) is 0 Å². The Morgan fingerprint density at radius 2 is 2.00 bits per heavy atom. The molecule has 0 amide bonds. The van der Waals surface area contributed by atoms with Crippen LogP contribution in [0.4, 0.5) is 0 Å². The predicted octanol–water partition coefficient (Wildman–Crippen LogP) is 1.30. The molecule has 1 saturated carbocycles. The molecule has 0 bridgehead atoms. The smallest absolute Gasteiger partial charge is 0.0612 e. The fraction of sp³-hybridized carbons (Fsp3) is 1.00. The highest BCUT2D eigenvalue weighted by atomic mass is 16.5. The van der Waals surface area contributed by atoms with E-state index >= 15 is 0 Å². The second-order valence-electron chi connectivity index (χ2n) is 5.27. The second-order valence-corrected chi connectivity index (χ2v) is 5.27. The van der Waals surface area contributed by atoms with Crippen molar-refractivity contribution in [1.29, 1.82) is 0 Å². The topological polar surface area (TPSA) is 41.5 Å². The summed E-state index contributed by atoms with van der Waals surface area (Å²) < 4.78 is 5.82. The van der Waals surface area contributed by atoms with Gasteiger partial charge in [-0.15, -0.1) is 0 Å². The first-order valence-corrected chi connectivity index (χ1v) is 5.45. The van der Waals surface area contributed by atoms with Crippen LogP contribution in [0.15, 0.2) is 0 Å². The quantitative estimate of drug-likeness (QED) is 0.720. The molecule has 2 N–H and O–H groups in total. The summed E-state index contributed by atoms with van der Waals surface area (Å²) in [5.74, 6) is 0. The fourth-order valence-corrected chi connectivity index (χ4v) is 1.75. The summed E-state index contributed by atoms with van der Waals surface area (Å²) in [6.45, 7) is 8.47. The summed E-state index contributed by atoms with van der Waals surface area (Å²) in [5.41, 5.74) is -0.0295. The van der Waals surface area contributed by atoms with Crippen molar-refractivity contribution in [3.8, 4) is 0 Å². The Hall–Kier alpha value is -0.120. The van der Waals surface area contributed by atoms with Crippen LogP contribution in [0.5, 0.6) is 0 Å². The molecule has 0 aliphatic heterocycles. The highest BCUT2D eigenvalue weighted by Gasteiger charge is 2.33. The van der Waals surface area contributed by atoms with Gasteiger partial charge in [-0.25, -0.2) is 0 Å². The minimum Gasteiger partial charge on any atom is -0.395 e. The highest BCUT2D eigenvalue weighted by Crippen LogP contribution is 2.27. The maximum absolute atomic E-state index is 8.86. The lowest BCUT2D eigenvalue weighted by atomic mass is 9.88. The van der Waals surface area contributed by atoms with Gasteiger partial charge in [0.15, 0.2) is 0 Å². The standard InChI is InChI=1S/C11H23NO2/c1-8(7-13)12-9-5-10(6-9)14-11(2,3)4/h8-10,12-13H,5-7H2,1-4H3/t8-,9?,10?/m0/s1. The first-order chi connectivity index (χ1) is 6.40. The van der Waals surface area contributed by atoms with E-state index in [1.54, 1.807) is 0 Å². The maximum atomic E-state index is 8.86. The van der Waals surface area contributed by atoms with E-state index in [0.717, 1.165) is 12.8 Å². The van der Waals surface area contributed by atoms with Crippen molar-refractivity contribution in [2.45, 2.75) is 64.3 Å². The van der Waals surface area contributed by atoms with Crippen LogP contribution in [0.3, 0.4) is 0 Å². The zero-order chi connectivity index (χ0) is 10.8. The molecule has 84 valence electrons. The third-order valence-corrected chi connectivity index (χ3v) is 2.41. The zero-order valence-electron chi connectivity index (χ0n) is 9.71. The van der Waals surface area contributed by atoms with Crippen LogP contribution in [0.1, 0.15) is 40.5 Å². The van der Waals surface area contributed by atoms with Gasteiger partial charge < -0.3 is 15.2 Å². The van der Waals surface area contributed by atoms with E-state index in [1.807, 2.05) is 6.92 Å². The molecule has 0 saturated heterocycles. The number of nitrogens with one attached hydrogen (secondary N) is 1. The molecule has 0 heterocycles. The number of hydrogen-bond donors (Lipinski definition) is 2. The second kappa shape index (κ2) is 4.60. The maximum Gasteiger partial charge on any atom is 0.0612 e. The molecule has 1 rings (SSSR count). The van der Waals surface area contributed by atoms with Gasteiger partial charge >= 0.3 is 0 Å².